The van der Waals surface area contributed by atoms with E-state index in [0.717, 1.165) is 43.9 Å². The van der Waals surface area contributed by atoms with Crippen molar-refractivity contribution < 1.29 is 4.79 Å². The minimum Gasteiger partial charge on any atom is -0.365 e. The molecule has 2 aromatic rings. The summed E-state index contributed by atoms with van der Waals surface area (Å²) in [6, 6.07) is 7.98. The molecule has 132 valence electrons. The summed E-state index contributed by atoms with van der Waals surface area (Å²) in [4.78, 5) is 24.1. The van der Waals surface area contributed by atoms with E-state index < -0.39 is 0 Å². The highest BCUT2D eigenvalue weighted by atomic mass is 16.2. The van der Waals surface area contributed by atoms with Crippen LogP contribution >= 0.6 is 0 Å². The lowest BCUT2D eigenvalue weighted by molar-refractivity contribution is -0.128. The molecule has 0 aliphatic heterocycles. The van der Waals surface area contributed by atoms with Gasteiger partial charge in [0.1, 0.15) is 0 Å². The largest absolute Gasteiger partial charge is 0.365 e. The van der Waals surface area contributed by atoms with Crippen molar-refractivity contribution in [2.75, 3.05) is 5.32 Å². The zero-order valence-corrected chi connectivity index (χ0v) is 14.3. The predicted molar refractivity (Wildman–Crippen MR) is 97.5 cm³/mol. The number of hydrogen-bond acceptors (Lipinski definition) is 4. The van der Waals surface area contributed by atoms with E-state index in [1.807, 2.05) is 24.3 Å². The van der Waals surface area contributed by atoms with Crippen LogP contribution in [-0.2, 0) is 4.79 Å². The summed E-state index contributed by atoms with van der Waals surface area (Å²) in [5, 5.41) is 15.0. The molecule has 0 radical (unpaired) electrons. The Hall–Kier alpha value is -2.37. The maximum Gasteiger partial charge on any atom is 0.272 e. The fourth-order valence-corrected chi connectivity index (χ4v) is 3.86. The highest BCUT2D eigenvalue weighted by Crippen LogP contribution is 2.28. The monoisotopic (exact) mass is 340 g/mol. The van der Waals surface area contributed by atoms with E-state index in [9.17, 15) is 9.59 Å². The van der Waals surface area contributed by atoms with E-state index in [2.05, 4.69) is 20.8 Å². The molecule has 2 unspecified atom stereocenters. The molecular weight excluding hydrogens is 316 g/mol. The Morgan fingerprint density at radius 3 is 2.52 bits per heavy atom. The summed E-state index contributed by atoms with van der Waals surface area (Å²) in [5.41, 5.74) is -0.171. The molecule has 2 aliphatic carbocycles. The Labute approximate surface area is 146 Å². The van der Waals surface area contributed by atoms with Crippen molar-refractivity contribution in [3.8, 4) is 0 Å². The molecule has 1 aromatic heterocycles. The molecule has 2 saturated carbocycles. The molecule has 25 heavy (non-hydrogen) atoms. The number of fused-ring (bicyclic) bond motifs is 1. The molecular formula is C19H24N4O2. The zero-order chi connectivity index (χ0) is 17.2. The van der Waals surface area contributed by atoms with Crippen molar-refractivity contribution in [1.82, 2.24) is 15.5 Å². The number of rotatable bonds is 4. The number of nitrogens with zero attached hydrogens (tertiary/aromatic N) is 1. The van der Waals surface area contributed by atoms with E-state index in [1.54, 1.807) is 0 Å². The van der Waals surface area contributed by atoms with Crippen LogP contribution in [0.1, 0.15) is 44.9 Å². The number of carbonyl (C=O) groups excluding carboxylic acids is 1. The molecule has 2 atom stereocenters. The van der Waals surface area contributed by atoms with Crippen LogP contribution in [0.4, 0.5) is 5.82 Å². The van der Waals surface area contributed by atoms with Crippen LogP contribution in [0, 0.1) is 5.92 Å². The Bertz CT molecular complexity index is 828. The number of aromatic amines is 1. The minimum absolute atomic E-state index is 0.171. The topological polar surface area (TPSA) is 86.9 Å². The third-order valence-corrected chi connectivity index (χ3v) is 5.53. The first kappa shape index (κ1) is 16.1. The molecule has 1 amide bonds. The first-order valence-corrected chi connectivity index (χ1v) is 9.25. The van der Waals surface area contributed by atoms with Crippen LogP contribution in [0.5, 0.6) is 0 Å². The molecule has 0 spiro atoms. The quantitative estimate of drug-likeness (QED) is 0.798. The van der Waals surface area contributed by atoms with Gasteiger partial charge in [-0.3, -0.25) is 9.59 Å². The number of H-pyrrole nitrogens is 1. The number of amides is 1. The Balaban J connectivity index is 1.45. The first-order valence-electron chi connectivity index (χ1n) is 9.25. The van der Waals surface area contributed by atoms with Crippen LogP contribution in [0.15, 0.2) is 29.1 Å². The van der Waals surface area contributed by atoms with Gasteiger partial charge in [0.25, 0.3) is 5.56 Å². The van der Waals surface area contributed by atoms with Gasteiger partial charge < -0.3 is 10.6 Å². The summed E-state index contributed by atoms with van der Waals surface area (Å²) >= 11 is 0. The van der Waals surface area contributed by atoms with Crippen LogP contribution in [0.2, 0.25) is 0 Å². The lowest BCUT2D eigenvalue weighted by Crippen LogP contribution is -2.45. The van der Waals surface area contributed by atoms with Crippen molar-refractivity contribution in [1.29, 1.82) is 0 Å². The van der Waals surface area contributed by atoms with E-state index in [0.29, 0.717) is 11.2 Å². The lowest BCUT2D eigenvalue weighted by Gasteiger charge is -2.33. The van der Waals surface area contributed by atoms with E-state index >= 15 is 0 Å². The SMILES string of the molecule is O=C(NC1CCCC(Nc2n[nH]c(=O)c3ccccc23)C1)C1CCC1. The number of aromatic nitrogens is 2. The maximum atomic E-state index is 12.2. The second-order valence-corrected chi connectivity index (χ2v) is 7.29. The van der Waals surface area contributed by atoms with Gasteiger partial charge in [0, 0.05) is 23.4 Å². The van der Waals surface area contributed by atoms with Gasteiger partial charge in [0.15, 0.2) is 5.82 Å². The summed E-state index contributed by atoms with van der Waals surface area (Å²) in [5.74, 6) is 1.17. The average Bonchev–Trinajstić information content (AvgIpc) is 2.56. The Morgan fingerprint density at radius 2 is 1.76 bits per heavy atom. The standard InChI is InChI=1S/C19H24N4O2/c24-18(12-5-3-6-12)21-14-8-4-7-13(11-14)20-17-15-9-1-2-10-16(15)19(25)23-22-17/h1-2,9-10,12-14H,3-8,11H2,(H,20,22)(H,21,24)(H,23,25). The van der Waals surface area contributed by atoms with E-state index in [4.69, 9.17) is 0 Å². The normalized spacial score (nSPS) is 23.8. The molecule has 2 aliphatic rings. The van der Waals surface area contributed by atoms with Crippen molar-refractivity contribution in [3.63, 3.8) is 0 Å². The van der Waals surface area contributed by atoms with Gasteiger partial charge in [0.05, 0.1) is 5.39 Å². The maximum absolute atomic E-state index is 12.2. The molecule has 0 bridgehead atoms. The van der Waals surface area contributed by atoms with Gasteiger partial charge in [-0.1, -0.05) is 24.6 Å². The van der Waals surface area contributed by atoms with Crippen molar-refractivity contribution in [3.05, 3.63) is 34.6 Å². The van der Waals surface area contributed by atoms with Gasteiger partial charge in [-0.2, -0.15) is 5.10 Å². The van der Waals surface area contributed by atoms with E-state index in [1.165, 1.54) is 6.42 Å². The summed E-state index contributed by atoms with van der Waals surface area (Å²) < 4.78 is 0. The number of benzene rings is 1. The zero-order valence-electron chi connectivity index (χ0n) is 14.3. The minimum atomic E-state index is -0.171. The van der Waals surface area contributed by atoms with Gasteiger partial charge in [-0.25, -0.2) is 5.10 Å². The van der Waals surface area contributed by atoms with Gasteiger partial charge >= 0.3 is 0 Å². The van der Waals surface area contributed by atoms with Gasteiger partial charge in [-0.05, 0) is 44.6 Å². The summed E-state index contributed by atoms with van der Waals surface area (Å²) in [7, 11) is 0. The highest BCUT2D eigenvalue weighted by molar-refractivity contribution is 5.90. The number of anilines is 1. The first-order chi connectivity index (χ1) is 12.2. The molecule has 1 aromatic carbocycles. The fraction of sp³-hybridized carbons (Fsp3) is 0.526. The Morgan fingerprint density at radius 1 is 1.04 bits per heavy atom. The fourth-order valence-electron chi connectivity index (χ4n) is 3.86. The summed E-state index contributed by atoms with van der Waals surface area (Å²) in [6.07, 6.45) is 7.31. The molecule has 4 rings (SSSR count). The molecule has 6 nitrogen and oxygen atoms in total. The van der Waals surface area contributed by atoms with Crippen molar-refractivity contribution in [2.45, 2.75) is 57.0 Å². The second kappa shape index (κ2) is 6.86. The molecule has 1 heterocycles. The summed E-state index contributed by atoms with van der Waals surface area (Å²) in [6.45, 7) is 0. The van der Waals surface area contributed by atoms with Crippen LogP contribution in [-0.4, -0.2) is 28.2 Å². The molecule has 2 fully saturated rings. The van der Waals surface area contributed by atoms with Crippen molar-refractivity contribution in [2.24, 2.45) is 5.92 Å². The number of hydrogen-bond donors (Lipinski definition) is 3. The highest BCUT2D eigenvalue weighted by Gasteiger charge is 2.29. The van der Waals surface area contributed by atoms with Crippen LogP contribution in [0.25, 0.3) is 10.8 Å². The number of carbonyl (C=O) groups is 1. The average molecular weight is 340 g/mol. The molecule has 6 heteroatoms. The predicted octanol–water partition coefficient (Wildman–Crippen LogP) is 2.56. The molecule has 0 saturated heterocycles. The smallest absolute Gasteiger partial charge is 0.272 e. The van der Waals surface area contributed by atoms with Crippen LogP contribution in [0.3, 0.4) is 0 Å². The van der Waals surface area contributed by atoms with Crippen LogP contribution < -0.4 is 16.2 Å². The number of nitrogens with one attached hydrogen (secondary N) is 3. The van der Waals surface area contributed by atoms with Gasteiger partial charge in [0.2, 0.25) is 5.91 Å². The Kier molecular flexibility index (Phi) is 4.42. The van der Waals surface area contributed by atoms with Gasteiger partial charge in [-0.15, -0.1) is 0 Å². The third kappa shape index (κ3) is 3.38. The van der Waals surface area contributed by atoms with E-state index in [-0.39, 0.29) is 29.5 Å². The molecule has 3 N–H and O–H groups in total. The lowest BCUT2D eigenvalue weighted by atomic mass is 9.83. The van der Waals surface area contributed by atoms with Crippen molar-refractivity contribution >= 4 is 22.5 Å². The third-order valence-electron chi connectivity index (χ3n) is 5.53. The second-order valence-electron chi connectivity index (χ2n) is 7.29.